The smallest absolute Gasteiger partial charge is 0.497 e. The lowest BCUT2D eigenvalue weighted by Crippen LogP contribution is -1.47. The van der Waals surface area contributed by atoms with Crippen molar-refractivity contribution in [1.82, 2.24) is 4.98 Å². The summed E-state index contributed by atoms with van der Waals surface area (Å²) in [6, 6.07) is 0. The van der Waals surface area contributed by atoms with Crippen LogP contribution in [0.25, 0.3) is 4.98 Å². The molecule has 1 heterocycles. The van der Waals surface area contributed by atoms with Crippen molar-refractivity contribution in [3.8, 4) is 5.06 Å². The summed E-state index contributed by atoms with van der Waals surface area (Å²) >= 11 is 0.916. The summed E-state index contributed by atoms with van der Waals surface area (Å²) in [4.78, 5) is 6.22. The second kappa shape index (κ2) is 1.76. The van der Waals surface area contributed by atoms with Crippen LogP contribution in [0, 0.1) is 5.39 Å². The van der Waals surface area contributed by atoms with Crippen LogP contribution < -0.4 is 0 Å². The van der Waals surface area contributed by atoms with Gasteiger partial charge in [-0.3, -0.25) is 0 Å². The van der Waals surface area contributed by atoms with Crippen LogP contribution in [0.4, 0.5) is 5.13 Å². The largest absolute Gasteiger partial charge is 0.526 e. The fraction of sp³-hybridized carbons (Fsp3) is 0. The van der Waals surface area contributed by atoms with Gasteiger partial charge in [-0.15, -0.1) is 0 Å². The SMILES string of the molecule is N#[N+]c1ncc(O)s1. The average molecular weight is 128 g/mol. The zero-order chi connectivity index (χ0) is 5.98. The molecule has 0 saturated heterocycles. The van der Waals surface area contributed by atoms with Gasteiger partial charge in [0.05, 0.1) is 5.39 Å². The van der Waals surface area contributed by atoms with Gasteiger partial charge in [0.25, 0.3) is 0 Å². The normalized spacial score (nSPS) is 8.38. The Balaban J connectivity index is 3.05. The van der Waals surface area contributed by atoms with Gasteiger partial charge in [-0.25, -0.2) is 0 Å². The molecular weight excluding hydrogens is 126 g/mol. The van der Waals surface area contributed by atoms with Gasteiger partial charge in [0.2, 0.25) is 5.06 Å². The van der Waals surface area contributed by atoms with E-state index < -0.39 is 0 Å². The van der Waals surface area contributed by atoms with E-state index in [1.807, 2.05) is 0 Å². The predicted molar refractivity (Wildman–Crippen MR) is 28.5 cm³/mol. The number of rotatable bonds is 0. The highest BCUT2D eigenvalue weighted by Crippen LogP contribution is 2.25. The first-order valence-electron chi connectivity index (χ1n) is 1.83. The fourth-order valence-corrected chi connectivity index (χ4v) is 0.742. The summed E-state index contributed by atoms with van der Waals surface area (Å²) in [5.41, 5.74) is 0. The molecule has 0 amide bonds. The molecule has 4 nitrogen and oxygen atoms in total. The highest BCUT2D eigenvalue weighted by molar-refractivity contribution is 7.17. The molecule has 1 aromatic heterocycles. The molecule has 0 bridgehead atoms. The second-order valence-corrected chi connectivity index (χ2v) is 2.07. The molecule has 8 heavy (non-hydrogen) atoms. The van der Waals surface area contributed by atoms with Crippen LogP contribution >= 0.6 is 11.3 Å². The number of diazo groups is 1. The molecule has 5 heteroatoms. The van der Waals surface area contributed by atoms with E-state index in [-0.39, 0.29) is 10.2 Å². The zero-order valence-electron chi connectivity index (χ0n) is 3.77. The Hall–Kier alpha value is -1.15. The van der Waals surface area contributed by atoms with Crippen molar-refractivity contribution in [2.75, 3.05) is 0 Å². The van der Waals surface area contributed by atoms with Crippen LogP contribution in [0.3, 0.4) is 0 Å². The van der Waals surface area contributed by atoms with Gasteiger partial charge in [0.15, 0.2) is 6.20 Å². The zero-order valence-corrected chi connectivity index (χ0v) is 4.59. The number of thiazole rings is 1. The Bertz CT molecular complexity index is 225. The van der Waals surface area contributed by atoms with Gasteiger partial charge >= 0.3 is 5.13 Å². The van der Waals surface area contributed by atoms with Crippen molar-refractivity contribution >= 4 is 16.5 Å². The minimum absolute atomic E-state index is 0.0535. The van der Waals surface area contributed by atoms with E-state index in [0.717, 1.165) is 11.3 Å². The summed E-state index contributed by atoms with van der Waals surface area (Å²) in [5, 5.41) is 16.8. The van der Waals surface area contributed by atoms with Crippen LogP contribution in [0.1, 0.15) is 0 Å². The van der Waals surface area contributed by atoms with Crippen molar-refractivity contribution in [3.63, 3.8) is 0 Å². The summed E-state index contributed by atoms with van der Waals surface area (Å²) < 4.78 is 0. The fourth-order valence-electron chi connectivity index (χ4n) is 0.303. The maximum Gasteiger partial charge on any atom is 0.526 e. The maximum atomic E-state index is 8.57. The summed E-state index contributed by atoms with van der Waals surface area (Å²) in [5.74, 6) is 0. The Labute approximate surface area is 49.0 Å². The molecule has 1 aromatic rings. The van der Waals surface area contributed by atoms with E-state index in [1.165, 1.54) is 6.20 Å². The van der Waals surface area contributed by atoms with Crippen molar-refractivity contribution < 1.29 is 5.11 Å². The van der Waals surface area contributed by atoms with Crippen molar-refractivity contribution in [2.45, 2.75) is 0 Å². The molecule has 0 aliphatic heterocycles. The van der Waals surface area contributed by atoms with Crippen LogP contribution in [-0.4, -0.2) is 10.1 Å². The number of aromatic hydroxyl groups is 1. The summed E-state index contributed by atoms with van der Waals surface area (Å²) in [6.45, 7) is 0. The van der Waals surface area contributed by atoms with Gasteiger partial charge in [-0.05, 0) is 4.98 Å². The lowest BCUT2D eigenvalue weighted by Gasteiger charge is -1.61. The molecule has 0 aliphatic rings. The minimum atomic E-state index is 0.0535. The molecule has 0 unspecified atom stereocenters. The number of nitrogens with zero attached hydrogens (tertiary/aromatic N) is 3. The standard InChI is InChI=1S/C3HN3OS/c4-6-3-5-1-2(7)8-3/h1H/p+1. The van der Waals surface area contributed by atoms with E-state index >= 15 is 0 Å². The van der Waals surface area contributed by atoms with Gasteiger partial charge in [-0.1, -0.05) is 0 Å². The van der Waals surface area contributed by atoms with Gasteiger partial charge in [0, 0.05) is 16.3 Å². The van der Waals surface area contributed by atoms with E-state index in [4.69, 9.17) is 10.5 Å². The molecule has 0 radical (unpaired) electrons. The highest BCUT2D eigenvalue weighted by Gasteiger charge is 2.09. The van der Waals surface area contributed by atoms with E-state index in [1.54, 1.807) is 0 Å². The third-order valence-corrected chi connectivity index (χ3v) is 1.25. The molecule has 0 aliphatic carbocycles. The Morgan fingerprint density at radius 3 is 2.88 bits per heavy atom. The molecule has 0 spiro atoms. The summed E-state index contributed by atoms with van der Waals surface area (Å²) in [7, 11) is 0. The van der Waals surface area contributed by atoms with Gasteiger partial charge in [-0.2, -0.15) is 0 Å². The quantitative estimate of drug-likeness (QED) is 0.536. The Morgan fingerprint density at radius 1 is 1.88 bits per heavy atom. The van der Waals surface area contributed by atoms with Crippen LogP contribution in [0.5, 0.6) is 5.06 Å². The second-order valence-electron chi connectivity index (χ2n) is 1.08. The van der Waals surface area contributed by atoms with Crippen molar-refractivity contribution in [2.24, 2.45) is 0 Å². The average Bonchev–Trinajstić information content (AvgIpc) is 2.14. The lowest BCUT2D eigenvalue weighted by molar-refractivity contribution is 0.489. The van der Waals surface area contributed by atoms with Crippen molar-refractivity contribution in [1.29, 1.82) is 5.39 Å². The van der Waals surface area contributed by atoms with Gasteiger partial charge in [0.1, 0.15) is 0 Å². The molecule has 1 N–H and O–H groups in total. The summed E-state index contributed by atoms with van der Waals surface area (Å²) in [6.07, 6.45) is 1.22. The molecule has 0 atom stereocenters. The molecule has 0 aromatic carbocycles. The number of hydrogen-bond acceptors (Lipinski definition) is 4. The number of aromatic nitrogens is 1. The molecular formula is C3H2N3OS+. The number of hydrogen-bond donors (Lipinski definition) is 1. The maximum absolute atomic E-state index is 8.57. The van der Waals surface area contributed by atoms with E-state index in [2.05, 4.69) is 9.96 Å². The topological polar surface area (TPSA) is 61.3 Å². The first kappa shape index (κ1) is 5.00. The van der Waals surface area contributed by atoms with Crippen LogP contribution in [0.15, 0.2) is 6.20 Å². The Morgan fingerprint density at radius 2 is 2.62 bits per heavy atom. The first-order chi connectivity index (χ1) is 3.83. The Kier molecular flexibility index (Phi) is 1.10. The predicted octanol–water partition coefficient (Wildman–Crippen LogP) is 1.33. The van der Waals surface area contributed by atoms with Gasteiger partial charge < -0.3 is 5.11 Å². The third-order valence-electron chi connectivity index (χ3n) is 0.567. The lowest BCUT2D eigenvalue weighted by atomic mass is 10.9. The third kappa shape index (κ3) is 0.741. The molecule has 0 fully saturated rings. The molecule has 0 saturated carbocycles. The van der Waals surface area contributed by atoms with E-state index in [0.29, 0.717) is 0 Å². The van der Waals surface area contributed by atoms with Crippen molar-refractivity contribution in [3.05, 3.63) is 11.2 Å². The van der Waals surface area contributed by atoms with Crippen LogP contribution in [0.2, 0.25) is 0 Å². The highest BCUT2D eigenvalue weighted by atomic mass is 32.1. The van der Waals surface area contributed by atoms with Crippen LogP contribution in [-0.2, 0) is 0 Å². The van der Waals surface area contributed by atoms with E-state index in [9.17, 15) is 0 Å². The monoisotopic (exact) mass is 128 g/mol. The molecule has 40 valence electrons. The minimum Gasteiger partial charge on any atom is -0.497 e. The first-order valence-corrected chi connectivity index (χ1v) is 2.64. The molecule has 1 rings (SSSR count).